The summed E-state index contributed by atoms with van der Waals surface area (Å²) in [5.74, 6) is -4.75. The van der Waals surface area contributed by atoms with E-state index in [9.17, 15) is 19.2 Å². The number of epoxide rings is 1. The molecule has 44 heavy (non-hydrogen) atoms. The van der Waals surface area contributed by atoms with E-state index in [1.165, 1.54) is 20.3 Å². The van der Waals surface area contributed by atoms with Crippen molar-refractivity contribution in [2.45, 2.75) is 104 Å². The summed E-state index contributed by atoms with van der Waals surface area (Å²) in [5, 5.41) is 0. The van der Waals surface area contributed by atoms with Crippen molar-refractivity contribution >= 4 is 29.7 Å². The fourth-order valence-corrected chi connectivity index (χ4v) is 10.0. The standard InChI is InChI=1S/C33H42O11/c1-16(2)25(37)42-27-29(4,5)20(13-22(35)39-8)31(7)19-9-11-30(6)21(14-23(36)41-24(30)18-10-12-40-15-18)32(19)28(44-32)33(27,26(31)38)43-17(3)34/h10,12,15-16,19-21,24,27-28H,9,11,13-14H2,1-8H3/t19?,20-,21?,24-,27-,28-,30+,31+,32+,33-/m0/s1. The quantitative estimate of drug-likeness (QED) is 0.259. The minimum Gasteiger partial charge on any atom is -0.472 e. The van der Waals surface area contributed by atoms with Crippen LogP contribution in [-0.4, -0.2) is 60.2 Å². The van der Waals surface area contributed by atoms with Crippen LogP contribution in [0.15, 0.2) is 23.0 Å². The molecule has 2 unspecified atom stereocenters. The van der Waals surface area contributed by atoms with Crippen molar-refractivity contribution in [3.05, 3.63) is 24.2 Å². The molecule has 2 bridgehead atoms. The summed E-state index contributed by atoms with van der Waals surface area (Å²) < 4.78 is 35.5. The number of carbonyl (C=O) groups excluding carboxylic acids is 5. The smallest absolute Gasteiger partial charge is 0.308 e. The number of carbonyl (C=O) groups is 5. The number of furan rings is 1. The van der Waals surface area contributed by atoms with E-state index in [1.807, 2.05) is 20.8 Å². The zero-order valence-electron chi connectivity index (χ0n) is 26.6. The predicted octanol–water partition coefficient (Wildman–Crippen LogP) is 4.12. The van der Waals surface area contributed by atoms with Gasteiger partial charge in [-0.2, -0.15) is 0 Å². The summed E-state index contributed by atoms with van der Waals surface area (Å²) in [5.41, 5.74) is -5.31. The first-order valence-electron chi connectivity index (χ1n) is 15.4. The Morgan fingerprint density at radius 3 is 2.39 bits per heavy atom. The van der Waals surface area contributed by atoms with Gasteiger partial charge >= 0.3 is 23.9 Å². The number of esters is 4. The number of cyclic esters (lactones) is 1. The highest BCUT2D eigenvalue weighted by molar-refractivity contribution is 6.00. The second-order valence-corrected chi connectivity index (χ2v) is 14.8. The van der Waals surface area contributed by atoms with Gasteiger partial charge in [0.05, 0.1) is 32.0 Å². The third-order valence-electron chi connectivity index (χ3n) is 11.9. The van der Waals surface area contributed by atoms with Crippen LogP contribution < -0.4 is 0 Å². The predicted molar refractivity (Wildman–Crippen MR) is 150 cm³/mol. The van der Waals surface area contributed by atoms with E-state index in [0.717, 1.165) is 5.56 Å². The number of fused-ring (bicyclic) bond motifs is 5. The third kappa shape index (κ3) is 3.73. The van der Waals surface area contributed by atoms with E-state index in [4.69, 9.17) is 28.1 Å². The van der Waals surface area contributed by atoms with Gasteiger partial charge in [0.1, 0.15) is 17.8 Å². The van der Waals surface area contributed by atoms with Gasteiger partial charge in [-0.3, -0.25) is 24.0 Å². The van der Waals surface area contributed by atoms with Crippen molar-refractivity contribution in [3.8, 4) is 0 Å². The molecule has 0 radical (unpaired) electrons. The van der Waals surface area contributed by atoms with Gasteiger partial charge in [0, 0.05) is 47.0 Å². The van der Waals surface area contributed by atoms with Crippen LogP contribution in [0.3, 0.4) is 0 Å². The Morgan fingerprint density at radius 2 is 1.80 bits per heavy atom. The van der Waals surface area contributed by atoms with Crippen LogP contribution in [-0.2, 0) is 47.7 Å². The molecule has 3 saturated carbocycles. The normalized spacial score (nSPS) is 43.1. The Hall–Kier alpha value is -3.21. The molecular formula is C33H42O11. The third-order valence-corrected chi connectivity index (χ3v) is 11.9. The van der Waals surface area contributed by atoms with Crippen molar-refractivity contribution in [2.24, 2.45) is 39.9 Å². The number of Topliss-reactive ketones (excluding diaryl/α,β-unsaturated/α-hetero) is 1. The van der Waals surface area contributed by atoms with E-state index in [1.54, 1.807) is 26.2 Å². The largest absolute Gasteiger partial charge is 0.472 e. The molecule has 3 aliphatic carbocycles. The van der Waals surface area contributed by atoms with E-state index in [-0.39, 0.29) is 12.8 Å². The van der Waals surface area contributed by atoms with Crippen molar-refractivity contribution in [2.75, 3.05) is 7.11 Å². The van der Waals surface area contributed by atoms with Crippen LogP contribution in [0.4, 0.5) is 0 Å². The van der Waals surface area contributed by atoms with Crippen molar-refractivity contribution in [3.63, 3.8) is 0 Å². The van der Waals surface area contributed by atoms with Crippen molar-refractivity contribution < 1.29 is 52.1 Å². The van der Waals surface area contributed by atoms with Crippen molar-refractivity contribution in [1.82, 2.24) is 0 Å². The van der Waals surface area contributed by atoms with Gasteiger partial charge in [0.25, 0.3) is 0 Å². The van der Waals surface area contributed by atoms with Crippen LogP contribution in [0.1, 0.15) is 85.8 Å². The molecular weight excluding hydrogens is 572 g/mol. The van der Waals surface area contributed by atoms with Gasteiger partial charge in [-0.05, 0) is 24.8 Å². The lowest BCUT2D eigenvalue weighted by atomic mass is 9.36. The average molecular weight is 615 g/mol. The zero-order chi connectivity index (χ0) is 32.2. The van der Waals surface area contributed by atoms with Gasteiger partial charge in [0.2, 0.25) is 5.60 Å². The van der Waals surface area contributed by atoms with Gasteiger partial charge in [-0.15, -0.1) is 0 Å². The Morgan fingerprint density at radius 1 is 1.09 bits per heavy atom. The topological polar surface area (TPSA) is 148 Å². The number of hydrogen-bond acceptors (Lipinski definition) is 11. The molecule has 10 atom stereocenters. The molecule has 0 amide bonds. The molecule has 5 aliphatic rings. The van der Waals surface area contributed by atoms with Gasteiger partial charge in [-0.1, -0.05) is 41.5 Å². The maximum Gasteiger partial charge on any atom is 0.308 e. The minimum absolute atomic E-state index is 0.0276. The minimum atomic E-state index is -2.00. The highest BCUT2D eigenvalue weighted by Crippen LogP contribution is 2.79. The maximum atomic E-state index is 15.2. The molecule has 11 nitrogen and oxygen atoms in total. The summed E-state index contributed by atoms with van der Waals surface area (Å²) in [4.78, 5) is 67.7. The first kappa shape index (κ1) is 30.8. The second kappa shape index (κ2) is 9.64. The molecule has 2 saturated heterocycles. The van der Waals surface area contributed by atoms with Gasteiger partial charge in [-0.25, -0.2) is 0 Å². The first-order chi connectivity index (χ1) is 20.5. The van der Waals surface area contributed by atoms with E-state index in [2.05, 4.69) is 6.92 Å². The van der Waals surface area contributed by atoms with Crippen LogP contribution in [0.25, 0.3) is 0 Å². The maximum absolute atomic E-state index is 15.2. The monoisotopic (exact) mass is 614 g/mol. The fraction of sp³-hybridized carbons (Fsp3) is 0.727. The second-order valence-electron chi connectivity index (χ2n) is 14.8. The molecule has 5 fully saturated rings. The van der Waals surface area contributed by atoms with Crippen LogP contribution in [0.5, 0.6) is 0 Å². The Kier molecular flexibility index (Phi) is 6.75. The number of methoxy groups -OCH3 is 1. The van der Waals surface area contributed by atoms with Crippen LogP contribution in [0.2, 0.25) is 0 Å². The highest BCUT2D eigenvalue weighted by atomic mass is 16.7. The van der Waals surface area contributed by atoms with Crippen molar-refractivity contribution in [1.29, 1.82) is 0 Å². The number of ketones is 1. The lowest BCUT2D eigenvalue weighted by molar-refractivity contribution is -0.257. The van der Waals surface area contributed by atoms with Gasteiger partial charge < -0.3 is 28.1 Å². The first-order valence-corrected chi connectivity index (χ1v) is 15.4. The molecule has 1 spiro atoms. The Bertz CT molecular complexity index is 1410. The SMILES string of the molecule is COC(=O)C[C@H]1C(C)(C)[C@H](OC(=O)C(C)C)[C@@]2(OC(C)=O)C(=O)[C@]1(C)C1CC[C@]3(C)C(CC(=O)O[C@H]3c3ccoc3)[C@]13O[C@@H]32. The molecule has 1 aromatic rings. The van der Waals surface area contributed by atoms with E-state index < -0.39 is 99.1 Å². The van der Waals surface area contributed by atoms with Gasteiger partial charge in [0.15, 0.2) is 11.9 Å². The summed E-state index contributed by atoms with van der Waals surface area (Å²) in [6.45, 7) is 12.1. The summed E-state index contributed by atoms with van der Waals surface area (Å²) in [7, 11) is 1.29. The summed E-state index contributed by atoms with van der Waals surface area (Å²) in [6, 6.07) is 1.78. The molecule has 6 rings (SSSR count). The molecule has 0 aromatic carbocycles. The molecule has 0 N–H and O–H groups in total. The molecule has 1 aromatic heterocycles. The molecule has 240 valence electrons. The summed E-state index contributed by atoms with van der Waals surface area (Å²) >= 11 is 0. The fourth-order valence-electron chi connectivity index (χ4n) is 10.0. The lowest BCUT2D eigenvalue weighted by Gasteiger charge is -2.67. The molecule has 2 aliphatic heterocycles. The Balaban J connectivity index is 1.59. The van der Waals surface area contributed by atoms with Crippen LogP contribution >= 0.6 is 0 Å². The highest BCUT2D eigenvalue weighted by Gasteiger charge is 2.92. The molecule has 3 heterocycles. The number of rotatable bonds is 6. The number of hydrogen-bond donors (Lipinski definition) is 0. The average Bonchev–Trinajstić information content (AvgIpc) is 3.43. The summed E-state index contributed by atoms with van der Waals surface area (Å²) in [6.07, 6.45) is 1.25. The molecule has 11 heteroatoms. The zero-order valence-corrected chi connectivity index (χ0v) is 26.6. The van der Waals surface area contributed by atoms with Crippen LogP contribution in [0, 0.1) is 39.9 Å². The van der Waals surface area contributed by atoms with E-state index in [0.29, 0.717) is 12.8 Å². The van der Waals surface area contributed by atoms with E-state index >= 15 is 4.79 Å². The Labute approximate surface area is 256 Å². The lowest BCUT2D eigenvalue weighted by Crippen LogP contribution is -2.81. The number of ether oxygens (including phenoxy) is 5.